The molecule has 3 aromatic rings. The highest BCUT2D eigenvalue weighted by atomic mass is 127. The van der Waals surface area contributed by atoms with Crippen LogP contribution in [0.2, 0.25) is 0 Å². The van der Waals surface area contributed by atoms with E-state index in [0.717, 1.165) is 36.1 Å². The first-order valence-corrected chi connectivity index (χ1v) is 10.6. The molecule has 172 valence electrons. The van der Waals surface area contributed by atoms with Crippen molar-refractivity contribution in [2.24, 2.45) is 4.99 Å². The Morgan fingerprint density at radius 1 is 0.906 bits per heavy atom. The minimum Gasteiger partial charge on any atom is -0.494 e. The molecular formula is C25H33IN4O2. The highest BCUT2D eigenvalue weighted by Gasteiger charge is 2.09. The van der Waals surface area contributed by atoms with E-state index in [-0.39, 0.29) is 24.0 Å². The second-order valence-corrected chi connectivity index (χ2v) is 7.34. The van der Waals surface area contributed by atoms with Crippen LogP contribution in [0.15, 0.2) is 76.3 Å². The number of ether oxygens (including phenoxy) is 1. The zero-order valence-electron chi connectivity index (χ0n) is 19.0. The van der Waals surface area contributed by atoms with E-state index >= 15 is 0 Å². The van der Waals surface area contributed by atoms with Gasteiger partial charge in [-0.1, -0.05) is 42.5 Å². The number of aliphatic imine (C=N–C) groups is 1. The molecule has 0 radical (unpaired) electrons. The van der Waals surface area contributed by atoms with Crippen LogP contribution < -0.4 is 15.4 Å². The number of hydrogen-bond donors (Lipinski definition) is 2. The normalized spacial score (nSPS) is 11.2. The third-order valence-corrected chi connectivity index (χ3v) is 4.95. The Morgan fingerprint density at radius 3 is 2.22 bits per heavy atom. The maximum Gasteiger partial charge on any atom is 0.191 e. The third kappa shape index (κ3) is 7.87. The molecule has 32 heavy (non-hydrogen) atoms. The molecule has 7 heteroatoms. The fourth-order valence-corrected chi connectivity index (χ4v) is 3.42. The Hall–Kier alpha value is -2.52. The van der Waals surface area contributed by atoms with Crippen LogP contribution in [-0.4, -0.2) is 31.6 Å². The van der Waals surface area contributed by atoms with Crippen LogP contribution >= 0.6 is 24.0 Å². The smallest absolute Gasteiger partial charge is 0.191 e. The molecule has 0 unspecified atom stereocenters. The van der Waals surface area contributed by atoms with Crippen LogP contribution in [0.1, 0.15) is 29.4 Å². The van der Waals surface area contributed by atoms with Crippen molar-refractivity contribution in [3.8, 4) is 5.75 Å². The number of rotatable bonds is 10. The van der Waals surface area contributed by atoms with E-state index in [1.54, 1.807) is 13.3 Å². The van der Waals surface area contributed by atoms with E-state index in [0.29, 0.717) is 19.7 Å². The van der Waals surface area contributed by atoms with Gasteiger partial charge in [-0.25, -0.2) is 0 Å². The molecule has 0 aliphatic heterocycles. The van der Waals surface area contributed by atoms with E-state index in [9.17, 15) is 0 Å². The van der Waals surface area contributed by atoms with Gasteiger partial charge in [-0.15, -0.1) is 24.0 Å². The molecule has 2 N–H and O–H groups in total. The number of hydrogen-bond acceptors (Lipinski definition) is 4. The van der Waals surface area contributed by atoms with E-state index in [1.807, 2.05) is 37.3 Å². The summed E-state index contributed by atoms with van der Waals surface area (Å²) in [5.41, 5.74) is 3.62. The highest BCUT2D eigenvalue weighted by Crippen LogP contribution is 2.17. The van der Waals surface area contributed by atoms with Crippen molar-refractivity contribution >= 4 is 29.9 Å². The van der Waals surface area contributed by atoms with Gasteiger partial charge in [0.25, 0.3) is 0 Å². The molecule has 1 heterocycles. The van der Waals surface area contributed by atoms with Gasteiger partial charge in [-0.05, 0) is 43.3 Å². The minimum atomic E-state index is 0. The highest BCUT2D eigenvalue weighted by molar-refractivity contribution is 14.0. The Morgan fingerprint density at radius 2 is 1.56 bits per heavy atom. The first-order valence-electron chi connectivity index (χ1n) is 10.6. The monoisotopic (exact) mass is 548 g/mol. The molecule has 6 nitrogen and oxygen atoms in total. The molecule has 0 saturated heterocycles. The van der Waals surface area contributed by atoms with Gasteiger partial charge in [0.1, 0.15) is 11.5 Å². The lowest BCUT2D eigenvalue weighted by molar-refractivity contribution is 0.287. The van der Waals surface area contributed by atoms with E-state index in [4.69, 9.17) is 9.15 Å². The number of furan rings is 1. The molecule has 0 aliphatic rings. The van der Waals surface area contributed by atoms with Crippen LogP contribution in [0.5, 0.6) is 5.75 Å². The molecule has 0 spiro atoms. The number of nitrogens with zero attached hydrogens (tertiary/aromatic N) is 2. The Balaban J connectivity index is 0.00000363. The second kappa shape index (κ2) is 13.8. The van der Waals surface area contributed by atoms with Crippen LogP contribution in [0.3, 0.4) is 0 Å². The van der Waals surface area contributed by atoms with Crippen molar-refractivity contribution in [2.45, 2.75) is 33.1 Å². The topological polar surface area (TPSA) is 62.0 Å². The van der Waals surface area contributed by atoms with Gasteiger partial charge in [-0.3, -0.25) is 9.89 Å². The summed E-state index contributed by atoms with van der Waals surface area (Å²) in [5, 5.41) is 6.81. The molecule has 0 aliphatic carbocycles. The summed E-state index contributed by atoms with van der Waals surface area (Å²) in [5.74, 6) is 2.62. The van der Waals surface area contributed by atoms with Gasteiger partial charge in [-0.2, -0.15) is 0 Å². The Kier molecular flexibility index (Phi) is 11.1. The fourth-order valence-electron chi connectivity index (χ4n) is 3.42. The summed E-state index contributed by atoms with van der Waals surface area (Å²) in [7, 11) is 3.88. The molecule has 0 amide bonds. The number of nitrogens with one attached hydrogen (secondary N) is 2. The van der Waals surface area contributed by atoms with Crippen molar-refractivity contribution in [3.63, 3.8) is 0 Å². The van der Waals surface area contributed by atoms with E-state index in [2.05, 4.69) is 57.9 Å². The standard InChI is InChI=1S/C25H32N4O2.HI/c1-4-30-24-14-8-7-11-21(24)17-28-25(26-2)27-16-20-10-5-6-12-22(20)18-29(3)19-23-13-9-15-31-23;/h5-15H,4,16-19H2,1-3H3,(H2,26,27,28);1H. The molecule has 0 atom stereocenters. The quantitative estimate of drug-likeness (QED) is 0.217. The van der Waals surface area contributed by atoms with Crippen molar-refractivity contribution < 1.29 is 9.15 Å². The molecule has 3 rings (SSSR count). The minimum absolute atomic E-state index is 0. The third-order valence-electron chi connectivity index (χ3n) is 4.95. The van der Waals surface area contributed by atoms with Crippen LogP contribution in [0.25, 0.3) is 0 Å². The van der Waals surface area contributed by atoms with Gasteiger partial charge in [0.05, 0.1) is 19.4 Å². The van der Waals surface area contributed by atoms with E-state index < -0.39 is 0 Å². The average molecular weight is 548 g/mol. The molecule has 2 aromatic carbocycles. The SMILES string of the molecule is CCOc1ccccc1CNC(=NC)NCc1ccccc1CN(C)Cc1ccco1.I. The maximum absolute atomic E-state index is 5.71. The average Bonchev–Trinajstić information content (AvgIpc) is 3.29. The first kappa shape index (κ1) is 25.7. The summed E-state index contributed by atoms with van der Waals surface area (Å²) >= 11 is 0. The number of para-hydroxylation sites is 1. The zero-order valence-corrected chi connectivity index (χ0v) is 21.3. The molecule has 1 aromatic heterocycles. The number of halogens is 1. The number of benzene rings is 2. The summed E-state index contributed by atoms with van der Waals surface area (Å²) in [6.07, 6.45) is 1.71. The van der Waals surface area contributed by atoms with Gasteiger partial charge in [0.2, 0.25) is 0 Å². The van der Waals surface area contributed by atoms with E-state index in [1.165, 1.54) is 11.1 Å². The summed E-state index contributed by atoms with van der Waals surface area (Å²) in [4.78, 5) is 6.61. The van der Waals surface area contributed by atoms with Crippen LogP contribution in [0.4, 0.5) is 0 Å². The lowest BCUT2D eigenvalue weighted by Gasteiger charge is -2.19. The van der Waals surface area contributed by atoms with Gasteiger partial charge < -0.3 is 19.8 Å². The lowest BCUT2D eigenvalue weighted by atomic mass is 10.1. The summed E-state index contributed by atoms with van der Waals surface area (Å²) < 4.78 is 11.2. The van der Waals surface area contributed by atoms with Crippen molar-refractivity contribution in [1.29, 1.82) is 0 Å². The van der Waals surface area contributed by atoms with Gasteiger partial charge in [0.15, 0.2) is 5.96 Å². The molecule has 0 fully saturated rings. The lowest BCUT2D eigenvalue weighted by Crippen LogP contribution is -2.36. The summed E-state index contributed by atoms with van der Waals surface area (Å²) in [6.45, 7) is 5.59. The van der Waals surface area contributed by atoms with Gasteiger partial charge in [0, 0.05) is 32.2 Å². The van der Waals surface area contributed by atoms with Gasteiger partial charge >= 0.3 is 0 Å². The predicted molar refractivity (Wildman–Crippen MR) is 140 cm³/mol. The Bertz CT molecular complexity index is 960. The summed E-state index contributed by atoms with van der Waals surface area (Å²) in [6, 6.07) is 20.5. The molecule has 0 saturated carbocycles. The van der Waals surface area contributed by atoms with Crippen molar-refractivity contribution in [3.05, 3.63) is 89.4 Å². The molecular weight excluding hydrogens is 515 g/mol. The second-order valence-electron chi connectivity index (χ2n) is 7.34. The maximum atomic E-state index is 5.71. The number of guanidine groups is 1. The van der Waals surface area contributed by atoms with Crippen molar-refractivity contribution in [1.82, 2.24) is 15.5 Å². The first-order chi connectivity index (χ1) is 15.2. The van der Waals surface area contributed by atoms with Crippen LogP contribution in [0, 0.1) is 0 Å². The van der Waals surface area contributed by atoms with Crippen molar-refractivity contribution in [2.75, 3.05) is 20.7 Å². The Labute approximate surface area is 208 Å². The predicted octanol–water partition coefficient (Wildman–Crippen LogP) is 4.79. The molecule has 0 bridgehead atoms. The fraction of sp³-hybridized carbons (Fsp3) is 0.320. The zero-order chi connectivity index (χ0) is 21.9. The largest absolute Gasteiger partial charge is 0.494 e. The van der Waals surface area contributed by atoms with Crippen LogP contribution in [-0.2, 0) is 26.2 Å².